The van der Waals surface area contributed by atoms with Crippen LogP contribution in [-0.4, -0.2) is 38.8 Å². The van der Waals surface area contributed by atoms with E-state index >= 15 is 0 Å². The monoisotopic (exact) mass is 280 g/mol. The van der Waals surface area contributed by atoms with Crippen LogP contribution < -0.4 is 0 Å². The van der Waals surface area contributed by atoms with Gasteiger partial charge in [0.15, 0.2) is 0 Å². The van der Waals surface area contributed by atoms with Gasteiger partial charge in [0, 0.05) is 25.0 Å². The molecule has 1 aromatic heterocycles. The lowest BCUT2D eigenvalue weighted by Crippen LogP contribution is -2.40. The Balaban J connectivity index is 2.21. The van der Waals surface area contributed by atoms with Crippen LogP contribution in [0.25, 0.3) is 0 Å². The summed E-state index contributed by atoms with van der Waals surface area (Å²) in [7, 11) is 0. The number of nitrogens with zero attached hydrogens (tertiary/aromatic N) is 2. The maximum absolute atomic E-state index is 12.2. The van der Waals surface area contributed by atoms with Gasteiger partial charge in [0.2, 0.25) is 0 Å². The molecule has 0 radical (unpaired) electrons. The highest BCUT2D eigenvalue weighted by molar-refractivity contribution is 5.73. The molecule has 1 atom stereocenters. The molecule has 1 amide bonds. The largest absolute Gasteiger partial charge is 0.481 e. The Bertz CT molecular complexity index is 515. The zero-order valence-corrected chi connectivity index (χ0v) is 12.0. The molecule has 6 heteroatoms. The summed E-state index contributed by atoms with van der Waals surface area (Å²) in [6.45, 7) is 6.27. The quantitative estimate of drug-likeness (QED) is 0.853. The molecule has 0 bridgehead atoms. The van der Waals surface area contributed by atoms with Crippen molar-refractivity contribution in [2.75, 3.05) is 6.54 Å². The topological polar surface area (TPSA) is 71.8 Å². The Labute approximate surface area is 117 Å². The Kier molecular flexibility index (Phi) is 3.74. The number of amides is 1. The first kappa shape index (κ1) is 14.4. The lowest BCUT2D eigenvalue weighted by Gasteiger charge is -2.27. The third kappa shape index (κ3) is 3.31. The number of carboxylic acids is 1. The molecule has 1 aromatic rings. The average Bonchev–Trinajstić information content (AvgIpc) is 2.64. The Morgan fingerprint density at radius 2 is 2.05 bits per heavy atom. The summed E-state index contributed by atoms with van der Waals surface area (Å²) in [4.78, 5) is 24.9. The van der Waals surface area contributed by atoms with Crippen LogP contribution >= 0.6 is 0 Å². The summed E-state index contributed by atoms with van der Waals surface area (Å²) in [6.07, 6.45) is 1.36. The van der Waals surface area contributed by atoms with E-state index in [0.717, 1.165) is 5.69 Å². The molecule has 1 aliphatic rings. The van der Waals surface area contributed by atoms with Crippen molar-refractivity contribution in [2.45, 2.75) is 39.5 Å². The zero-order chi connectivity index (χ0) is 14.9. The highest BCUT2D eigenvalue weighted by Gasteiger charge is 2.31. The number of carbonyl (C=O) groups excluding carboxylic acids is 1. The molecule has 6 nitrogen and oxygen atoms in total. The lowest BCUT2D eigenvalue weighted by molar-refractivity contribution is -0.142. The first-order valence-electron chi connectivity index (χ1n) is 6.61. The second-order valence-corrected chi connectivity index (χ2v) is 6.05. The molecule has 2 rings (SSSR count). The summed E-state index contributed by atoms with van der Waals surface area (Å²) in [5.41, 5.74) is 0.323. The van der Waals surface area contributed by atoms with Crippen LogP contribution in [0.2, 0.25) is 0 Å². The molecule has 0 saturated carbocycles. The second kappa shape index (κ2) is 5.19. The molecule has 0 fully saturated rings. The van der Waals surface area contributed by atoms with E-state index in [1.54, 1.807) is 20.8 Å². The standard InChI is InChI=1S/C14H20N2O4/c1-14(2,3)20-13(19)16-8-10(12(17)18)7-15-6-4-5-11(15)9-16/h4-6,10H,7-9H2,1-3H3,(H,17,18)/t10-/m1/s1. The normalized spacial score (nSPS) is 19.1. The van der Waals surface area contributed by atoms with E-state index in [0.29, 0.717) is 13.1 Å². The van der Waals surface area contributed by atoms with Crippen molar-refractivity contribution >= 4 is 12.1 Å². The molecular weight excluding hydrogens is 260 g/mol. The molecule has 0 aromatic carbocycles. The number of aliphatic carboxylic acids is 1. The van der Waals surface area contributed by atoms with Gasteiger partial charge in [0.05, 0.1) is 12.5 Å². The van der Waals surface area contributed by atoms with Gasteiger partial charge in [-0.15, -0.1) is 0 Å². The number of aromatic nitrogens is 1. The van der Waals surface area contributed by atoms with Crippen molar-refractivity contribution in [2.24, 2.45) is 5.92 Å². The Morgan fingerprint density at radius 3 is 2.65 bits per heavy atom. The fourth-order valence-corrected chi connectivity index (χ4v) is 2.21. The Hall–Kier alpha value is -1.98. The molecule has 2 heterocycles. The van der Waals surface area contributed by atoms with Crippen LogP contribution in [-0.2, 0) is 22.6 Å². The van der Waals surface area contributed by atoms with E-state index in [1.165, 1.54) is 4.90 Å². The Morgan fingerprint density at radius 1 is 1.35 bits per heavy atom. The maximum atomic E-state index is 12.2. The van der Waals surface area contributed by atoms with Crippen molar-refractivity contribution in [3.05, 3.63) is 24.0 Å². The van der Waals surface area contributed by atoms with Crippen molar-refractivity contribution < 1.29 is 19.4 Å². The van der Waals surface area contributed by atoms with Gasteiger partial charge >= 0.3 is 12.1 Å². The number of rotatable bonds is 1. The van der Waals surface area contributed by atoms with Crippen molar-refractivity contribution in [3.63, 3.8) is 0 Å². The van der Waals surface area contributed by atoms with Gasteiger partial charge in [-0.05, 0) is 32.9 Å². The SMILES string of the molecule is CC(C)(C)OC(=O)N1Cc2cccn2C[C@@H](C(=O)O)C1. The minimum Gasteiger partial charge on any atom is -0.481 e. The van der Waals surface area contributed by atoms with Crippen molar-refractivity contribution in [1.29, 1.82) is 0 Å². The molecule has 1 N–H and O–H groups in total. The predicted molar refractivity (Wildman–Crippen MR) is 72.2 cm³/mol. The van der Waals surface area contributed by atoms with E-state index in [4.69, 9.17) is 4.74 Å². The van der Waals surface area contributed by atoms with Crippen LogP contribution in [0, 0.1) is 5.92 Å². The van der Waals surface area contributed by atoms with Crippen molar-refractivity contribution in [3.8, 4) is 0 Å². The highest BCUT2D eigenvalue weighted by atomic mass is 16.6. The number of ether oxygens (including phenoxy) is 1. The van der Waals surface area contributed by atoms with E-state index in [9.17, 15) is 14.7 Å². The second-order valence-electron chi connectivity index (χ2n) is 6.05. The highest BCUT2D eigenvalue weighted by Crippen LogP contribution is 2.20. The van der Waals surface area contributed by atoms with Gasteiger partial charge in [-0.25, -0.2) is 4.79 Å². The van der Waals surface area contributed by atoms with Gasteiger partial charge < -0.3 is 19.3 Å². The number of carboxylic acid groups (broad SMARTS) is 1. The van der Waals surface area contributed by atoms with Gasteiger partial charge in [-0.3, -0.25) is 4.79 Å². The van der Waals surface area contributed by atoms with E-state index < -0.39 is 23.6 Å². The first-order chi connectivity index (χ1) is 9.26. The lowest BCUT2D eigenvalue weighted by atomic mass is 10.1. The number of hydrogen-bond donors (Lipinski definition) is 1. The zero-order valence-electron chi connectivity index (χ0n) is 12.0. The molecule has 0 unspecified atom stereocenters. The molecule has 1 aliphatic heterocycles. The molecule has 110 valence electrons. The minimum absolute atomic E-state index is 0.159. The van der Waals surface area contributed by atoms with E-state index in [2.05, 4.69) is 0 Å². The summed E-state index contributed by atoms with van der Waals surface area (Å²) in [6, 6.07) is 3.74. The van der Waals surface area contributed by atoms with Crippen LogP contribution in [0.15, 0.2) is 18.3 Å². The van der Waals surface area contributed by atoms with Gasteiger partial charge in [0.1, 0.15) is 5.60 Å². The third-order valence-corrected chi connectivity index (χ3v) is 3.14. The fourth-order valence-electron chi connectivity index (χ4n) is 2.21. The van der Waals surface area contributed by atoms with E-state index in [-0.39, 0.29) is 6.54 Å². The molecular formula is C14H20N2O4. The van der Waals surface area contributed by atoms with Crippen molar-refractivity contribution in [1.82, 2.24) is 9.47 Å². The molecule has 0 aliphatic carbocycles. The summed E-state index contributed by atoms with van der Waals surface area (Å²) in [5, 5.41) is 9.27. The van der Waals surface area contributed by atoms with Gasteiger partial charge in [-0.1, -0.05) is 0 Å². The number of fused-ring (bicyclic) bond motifs is 1. The smallest absolute Gasteiger partial charge is 0.410 e. The van der Waals surface area contributed by atoms with Crippen LogP contribution in [0.4, 0.5) is 4.79 Å². The van der Waals surface area contributed by atoms with E-state index in [1.807, 2.05) is 22.9 Å². The van der Waals surface area contributed by atoms with Gasteiger partial charge in [-0.2, -0.15) is 0 Å². The van der Waals surface area contributed by atoms with Crippen LogP contribution in [0.3, 0.4) is 0 Å². The number of hydrogen-bond acceptors (Lipinski definition) is 3. The third-order valence-electron chi connectivity index (χ3n) is 3.14. The maximum Gasteiger partial charge on any atom is 0.410 e. The van der Waals surface area contributed by atoms with Crippen LogP contribution in [0.5, 0.6) is 0 Å². The average molecular weight is 280 g/mol. The minimum atomic E-state index is -0.903. The van der Waals surface area contributed by atoms with Gasteiger partial charge in [0.25, 0.3) is 0 Å². The fraction of sp³-hybridized carbons (Fsp3) is 0.571. The summed E-state index contributed by atoms with van der Waals surface area (Å²) < 4.78 is 7.22. The summed E-state index contributed by atoms with van der Waals surface area (Å²) >= 11 is 0. The first-order valence-corrected chi connectivity index (χ1v) is 6.61. The molecule has 0 saturated heterocycles. The van der Waals surface area contributed by atoms with Crippen LogP contribution in [0.1, 0.15) is 26.5 Å². The molecule has 20 heavy (non-hydrogen) atoms. The molecule has 0 spiro atoms. The number of carbonyl (C=O) groups is 2. The summed E-state index contributed by atoms with van der Waals surface area (Å²) in [5.74, 6) is -1.53. The predicted octanol–water partition coefficient (Wildman–Crippen LogP) is 1.94.